The number of hydrogen-bond donors (Lipinski definition) is 5. The SMILES string of the molecule is CCN.CCNC(=O)C1CCN(c2c(F)cccc2NC(=O)C2=NC(c3ccnc(C)c3)=CC2)CC1.Cc1cc(C2=CCC(C(=O)Nc3cccc(F)c3N3CCC(C(=O)O)CC3)=N2)ccn1. The van der Waals surface area contributed by atoms with E-state index in [1.165, 1.54) is 12.1 Å². The molecule has 2 aromatic carbocycles. The highest BCUT2D eigenvalue weighted by Gasteiger charge is 2.30. The van der Waals surface area contributed by atoms with E-state index in [0.717, 1.165) is 34.8 Å². The third-order valence-corrected chi connectivity index (χ3v) is 11.6. The Bertz CT molecular complexity index is 2580. The first-order chi connectivity index (χ1) is 32.3. The van der Waals surface area contributed by atoms with Crippen LogP contribution in [-0.2, 0) is 19.2 Å². The molecule has 0 atom stereocenters. The average Bonchev–Trinajstić information content (AvgIpc) is 4.02. The maximum Gasteiger partial charge on any atom is 0.306 e. The highest BCUT2D eigenvalue weighted by Crippen LogP contribution is 2.35. The van der Waals surface area contributed by atoms with Crippen molar-refractivity contribution in [3.05, 3.63) is 119 Å². The average molecular weight is 917 g/mol. The van der Waals surface area contributed by atoms with Gasteiger partial charge in [0.2, 0.25) is 5.91 Å². The normalized spacial score (nSPS) is 16.0. The summed E-state index contributed by atoms with van der Waals surface area (Å²) in [6.45, 7) is 10.8. The molecule has 352 valence electrons. The van der Waals surface area contributed by atoms with Gasteiger partial charge in [0.25, 0.3) is 11.8 Å². The molecule has 4 aliphatic rings. The van der Waals surface area contributed by atoms with E-state index in [-0.39, 0.29) is 29.3 Å². The van der Waals surface area contributed by atoms with Crippen LogP contribution in [0.15, 0.2) is 95.2 Å². The minimum atomic E-state index is -0.825. The summed E-state index contributed by atoms with van der Waals surface area (Å²) in [5.74, 6) is -2.86. The van der Waals surface area contributed by atoms with Gasteiger partial charge < -0.3 is 36.6 Å². The van der Waals surface area contributed by atoms with Crippen molar-refractivity contribution in [2.24, 2.45) is 27.6 Å². The number of aliphatic imine (C=N–C) groups is 2. The number of carboxylic acids is 1. The molecule has 2 fully saturated rings. The van der Waals surface area contributed by atoms with E-state index >= 15 is 0 Å². The molecule has 17 heteroatoms. The molecular weight excluding hydrogens is 859 g/mol. The number of carbonyl (C=O) groups excluding carboxylic acids is 3. The van der Waals surface area contributed by atoms with Gasteiger partial charge in [0, 0.05) is 86.4 Å². The lowest BCUT2D eigenvalue weighted by Gasteiger charge is -2.34. The molecular formula is C50H58F2N10O5. The number of carboxylic acid groups (broad SMARTS) is 1. The minimum Gasteiger partial charge on any atom is -0.481 e. The molecule has 0 saturated carbocycles. The number of hydrogen-bond acceptors (Lipinski definition) is 11. The number of amides is 3. The topological polar surface area (TPSA) is 208 Å². The third-order valence-electron chi connectivity index (χ3n) is 11.6. The second-order valence-electron chi connectivity index (χ2n) is 16.4. The summed E-state index contributed by atoms with van der Waals surface area (Å²) < 4.78 is 29.5. The smallest absolute Gasteiger partial charge is 0.306 e. The van der Waals surface area contributed by atoms with Gasteiger partial charge in [-0.3, -0.25) is 29.1 Å². The summed E-state index contributed by atoms with van der Waals surface area (Å²) in [5.41, 5.74) is 12.0. The van der Waals surface area contributed by atoms with E-state index < -0.39 is 23.5 Å². The first-order valence-corrected chi connectivity index (χ1v) is 22.6. The molecule has 67 heavy (non-hydrogen) atoms. The Labute approximate surface area is 389 Å². The lowest BCUT2D eigenvalue weighted by Crippen LogP contribution is -2.41. The number of nitrogens with zero attached hydrogens (tertiary/aromatic N) is 6. The Kier molecular flexibility index (Phi) is 17.2. The van der Waals surface area contributed by atoms with Gasteiger partial charge in [-0.25, -0.2) is 18.8 Å². The number of pyridine rings is 2. The first-order valence-electron chi connectivity index (χ1n) is 22.6. The van der Waals surface area contributed by atoms with Crippen LogP contribution in [0, 0.1) is 37.3 Å². The van der Waals surface area contributed by atoms with Gasteiger partial charge in [-0.1, -0.05) is 31.2 Å². The van der Waals surface area contributed by atoms with Crippen LogP contribution in [-0.4, -0.2) is 89.5 Å². The van der Waals surface area contributed by atoms with Gasteiger partial charge in [0.05, 0.1) is 40.1 Å². The zero-order chi connectivity index (χ0) is 48.0. The Morgan fingerprint density at radius 1 is 0.687 bits per heavy atom. The quantitative estimate of drug-likeness (QED) is 0.101. The second kappa shape index (κ2) is 23.4. The van der Waals surface area contributed by atoms with Gasteiger partial charge in [0.15, 0.2) is 0 Å². The van der Waals surface area contributed by atoms with Crippen LogP contribution < -0.4 is 31.5 Å². The van der Waals surface area contributed by atoms with Gasteiger partial charge in [0.1, 0.15) is 23.1 Å². The van der Waals surface area contributed by atoms with Gasteiger partial charge >= 0.3 is 5.97 Å². The predicted molar refractivity (Wildman–Crippen MR) is 259 cm³/mol. The van der Waals surface area contributed by atoms with E-state index in [9.17, 15) is 33.1 Å². The van der Waals surface area contributed by atoms with Crippen LogP contribution in [0.2, 0.25) is 0 Å². The van der Waals surface area contributed by atoms with E-state index in [1.807, 2.05) is 69.0 Å². The molecule has 0 unspecified atom stereocenters. The number of piperidine rings is 2. The number of nitrogens with one attached hydrogen (secondary N) is 3. The minimum absolute atomic E-state index is 0.0474. The summed E-state index contributed by atoms with van der Waals surface area (Å²) in [4.78, 5) is 70.1. The number of rotatable bonds is 11. The number of aliphatic carboxylic acids is 1. The van der Waals surface area contributed by atoms with Crippen molar-refractivity contribution in [1.29, 1.82) is 0 Å². The molecule has 8 rings (SSSR count). The van der Waals surface area contributed by atoms with Crippen LogP contribution in [0.25, 0.3) is 11.4 Å². The molecule has 6 N–H and O–H groups in total. The predicted octanol–water partition coefficient (Wildman–Crippen LogP) is 7.33. The monoisotopic (exact) mass is 916 g/mol. The highest BCUT2D eigenvalue weighted by atomic mass is 19.1. The molecule has 0 spiro atoms. The lowest BCUT2D eigenvalue weighted by molar-refractivity contribution is -0.142. The van der Waals surface area contributed by atoms with Crippen LogP contribution in [0.5, 0.6) is 0 Å². The molecule has 0 radical (unpaired) electrons. The molecule has 3 amide bonds. The summed E-state index contributed by atoms with van der Waals surface area (Å²) in [5, 5.41) is 17.7. The van der Waals surface area contributed by atoms with E-state index in [1.54, 1.807) is 41.6 Å². The number of benzene rings is 2. The van der Waals surface area contributed by atoms with Crippen molar-refractivity contribution in [2.45, 2.75) is 66.2 Å². The van der Waals surface area contributed by atoms with Crippen LogP contribution in [0.1, 0.15) is 74.9 Å². The maximum atomic E-state index is 14.8. The number of aromatic nitrogens is 2. The van der Waals surface area contributed by atoms with Crippen molar-refractivity contribution in [2.75, 3.05) is 59.7 Å². The molecule has 6 heterocycles. The lowest BCUT2D eigenvalue weighted by atomic mass is 9.95. The van der Waals surface area contributed by atoms with Gasteiger partial charge in [-0.15, -0.1) is 0 Å². The Hall–Kier alpha value is -7.14. The molecule has 2 saturated heterocycles. The molecule has 0 bridgehead atoms. The standard InChI is InChI=1S/C25H28FN5O2.C23H23FN4O3.C2H7N/c1-3-27-24(32)17-10-13-31(14-11-17)23-19(26)5-4-6-21(23)30-25(33)22-8-7-20(29-22)18-9-12-28-16(2)15-18;1-14-13-16(7-10-25-14)18-5-6-20(26-18)22(29)27-19-4-2-3-17(24)21(19)28-11-8-15(9-12-28)23(30)31;1-2-3/h4-7,9,12,15,17H,3,8,10-11,13-14H2,1-2H3,(H,27,32)(H,30,33);2-5,7,10,13,15H,6,8-9,11-12H2,1H3,(H,27,29)(H,30,31);2-3H2,1H3. The van der Waals surface area contributed by atoms with Crippen molar-refractivity contribution in [1.82, 2.24) is 15.3 Å². The molecule has 4 aromatic rings. The summed E-state index contributed by atoms with van der Waals surface area (Å²) in [6.07, 6.45) is 10.1. The number of allylic oxidation sites excluding steroid dienone is 2. The van der Waals surface area contributed by atoms with E-state index in [4.69, 9.17) is 5.73 Å². The number of carbonyl (C=O) groups is 4. The van der Waals surface area contributed by atoms with Crippen LogP contribution >= 0.6 is 0 Å². The summed E-state index contributed by atoms with van der Waals surface area (Å²) >= 11 is 0. The molecule has 0 aliphatic carbocycles. The van der Waals surface area contributed by atoms with Crippen molar-refractivity contribution < 1.29 is 33.1 Å². The Morgan fingerprint density at radius 3 is 1.49 bits per heavy atom. The summed E-state index contributed by atoms with van der Waals surface area (Å²) in [7, 11) is 0. The largest absolute Gasteiger partial charge is 0.481 e. The zero-order valence-electron chi connectivity index (χ0n) is 38.3. The maximum absolute atomic E-state index is 14.8. The van der Waals surface area contributed by atoms with Crippen molar-refractivity contribution in [3.63, 3.8) is 0 Å². The molecule has 15 nitrogen and oxygen atoms in total. The van der Waals surface area contributed by atoms with Crippen molar-refractivity contribution >= 4 is 69.3 Å². The molecule has 4 aliphatic heterocycles. The Morgan fingerprint density at radius 2 is 1.10 bits per heavy atom. The summed E-state index contributed by atoms with van der Waals surface area (Å²) in [6, 6.07) is 16.7. The highest BCUT2D eigenvalue weighted by molar-refractivity contribution is 6.45. The number of halogens is 2. The fraction of sp³-hybridized carbons (Fsp3) is 0.360. The number of anilines is 4. The van der Waals surface area contributed by atoms with Gasteiger partial charge in [-0.2, -0.15) is 0 Å². The van der Waals surface area contributed by atoms with E-state index in [0.29, 0.717) is 105 Å². The molecule has 2 aromatic heterocycles. The van der Waals surface area contributed by atoms with Crippen LogP contribution in [0.3, 0.4) is 0 Å². The number of para-hydroxylation sites is 2. The van der Waals surface area contributed by atoms with E-state index in [2.05, 4.69) is 35.9 Å². The number of nitrogens with two attached hydrogens (primary N) is 1. The fourth-order valence-corrected chi connectivity index (χ4v) is 8.22. The third kappa shape index (κ3) is 12.8. The fourth-order valence-electron chi connectivity index (χ4n) is 8.22. The zero-order valence-corrected chi connectivity index (χ0v) is 38.3. The van der Waals surface area contributed by atoms with Crippen LogP contribution in [0.4, 0.5) is 31.5 Å². The van der Waals surface area contributed by atoms with Crippen molar-refractivity contribution in [3.8, 4) is 0 Å². The first kappa shape index (κ1) is 49.3. The van der Waals surface area contributed by atoms with Gasteiger partial charge in [-0.05, 0) is 102 Å². The number of aryl methyl sites for hydroxylation is 2. The second-order valence-corrected chi connectivity index (χ2v) is 16.4. The Balaban J connectivity index is 0.000000209.